The van der Waals surface area contributed by atoms with Crippen molar-refractivity contribution in [3.05, 3.63) is 0 Å². The van der Waals surface area contributed by atoms with Crippen molar-refractivity contribution in [2.24, 2.45) is 0 Å². The predicted octanol–water partition coefficient (Wildman–Crippen LogP) is 0.728. The lowest BCUT2D eigenvalue weighted by Crippen LogP contribution is -2.58. The SMILES string of the molecule is COC1(C)CNCCN1C.Cl.Cl. The van der Waals surface area contributed by atoms with Crippen LogP contribution in [0, 0.1) is 0 Å². The maximum absolute atomic E-state index is 5.35. The molecule has 0 aromatic heterocycles. The van der Waals surface area contributed by atoms with Crippen molar-refractivity contribution in [2.45, 2.75) is 12.6 Å². The van der Waals surface area contributed by atoms with Crippen molar-refractivity contribution >= 4 is 24.8 Å². The van der Waals surface area contributed by atoms with Crippen molar-refractivity contribution < 1.29 is 4.74 Å². The van der Waals surface area contributed by atoms with Gasteiger partial charge in [0.2, 0.25) is 0 Å². The number of rotatable bonds is 1. The van der Waals surface area contributed by atoms with Gasteiger partial charge in [0.1, 0.15) is 5.72 Å². The second-order valence-corrected chi connectivity index (χ2v) is 2.98. The minimum Gasteiger partial charge on any atom is -0.363 e. The monoisotopic (exact) mass is 216 g/mol. The normalized spacial score (nSPS) is 30.2. The van der Waals surface area contributed by atoms with E-state index in [2.05, 4.69) is 24.2 Å². The summed E-state index contributed by atoms with van der Waals surface area (Å²) >= 11 is 0. The lowest BCUT2D eigenvalue weighted by molar-refractivity contribution is -0.121. The molecule has 1 heterocycles. The van der Waals surface area contributed by atoms with Crippen LogP contribution in [-0.2, 0) is 4.74 Å². The molecule has 0 amide bonds. The lowest BCUT2D eigenvalue weighted by Gasteiger charge is -2.41. The van der Waals surface area contributed by atoms with Crippen LogP contribution < -0.4 is 5.32 Å². The van der Waals surface area contributed by atoms with Gasteiger partial charge >= 0.3 is 0 Å². The fraction of sp³-hybridized carbons (Fsp3) is 1.00. The number of likely N-dealkylation sites (N-methyl/N-ethyl adjacent to an activating group) is 1. The lowest BCUT2D eigenvalue weighted by atomic mass is 10.2. The van der Waals surface area contributed by atoms with Crippen molar-refractivity contribution in [3.8, 4) is 0 Å². The summed E-state index contributed by atoms with van der Waals surface area (Å²) < 4.78 is 5.35. The van der Waals surface area contributed by atoms with Gasteiger partial charge in [-0.15, -0.1) is 24.8 Å². The van der Waals surface area contributed by atoms with Crippen LogP contribution in [0.5, 0.6) is 0 Å². The van der Waals surface area contributed by atoms with Crippen LogP contribution in [0.15, 0.2) is 0 Å². The number of nitrogens with zero attached hydrogens (tertiary/aromatic N) is 1. The molecule has 1 fully saturated rings. The fourth-order valence-electron chi connectivity index (χ4n) is 1.17. The summed E-state index contributed by atoms with van der Waals surface area (Å²) in [4.78, 5) is 2.23. The number of hydrogen-bond acceptors (Lipinski definition) is 3. The topological polar surface area (TPSA) is 24.5 Å². The first-order chi connectivity index (χ1) is 4.69. The summed E-state index contributed by atoms with van der Waals surface area (Å²) in [5, 5.41) is 3.29. The molecule has 1 saturated heterocycles. The third-order valence-electron chi connectivity index (χ3n) is 2.32. The van der Waals surface area contributed by atoms with E-state index >= 15 is 0 Å². The number of piperazine rings is 1. The summed E-state index contributed by atoms with van der Waals surface area (Å²) in [5.41, 5.74) is -0.0990. The van der Waals surface area contributed by atoms with Crippen LogP contribution in [0.3, 0.4) is 0 Å². The van der Waals surface area contributed by atoms with Crippen LogP contribution in [-0.4, -0.2) is 44.4 Å². The second kappa shape index (κ2) is 6.00. The maximum Gasteiger partial charge on any atom is 0.130 e. The maximum atomic E-state index is 5.35. The summed E-state index contributed by atoms with van der Waals surface area (Å²) in [6.45, 7) is 5.14. The number of halogens is 2. The van der Waals surface area contributed by atoms with E-state index in [0.717, 1.165) is 19.6 Å². The first-order valence-corrected chi connectivity index (χ1v) is 3.66. The van der Waals surface area contributed by atoms with Gasteiger partial charge in [0.25, 0.3) is 0 Å². The highest BCUT2D eigenvalue weighted by Crippen LogP contribution is 2.14. The molecule has 76 valence electrons. The zero-order valence-electron chi connectivity index (χ0n) is 7.79. The van der Waals surface area contributed by atoms with E-state index in [1.807, 2.05) is 0 Å². The molecule has 0 aromatic carbocycles. The number of nitrogens with one attached hydrogen (secondary N) is 1. The van der Waals surface area contributed by atoms with Gasteiger partial charge in [-0.1, -0.05) is 0 Å². The number of ether oxygens (including phenoxy) is 1. The van der Waals surface area contributed by atoms with Crippen molar-refractivity contribution in [1.29, 1.82) is 0 Å². The molecule has 3 nitrogen and oxygen atoms in total. The van der Waals surface area contributed by atoms with Gasteiger partial charge < -0.3 is 10.1 Å². The minimum atomic E-state index is -0.0990. The van der Waals surface area contributed by atoms with E-state index in [-0.39, 0.29) is 30.5 Å². The van der Waals surface area contributed by atoms with E-state index in [1.54, 1.807) is 7.11 Å². The largest absolute Gasteiger partial charge is 0.363 e. The van der Waals surface area contributed by atoms with Gasteiger partial charge in [-0.2, -0.15) is 0 Å². The Morgan fingerprint density at radius 3 is 2.33 bits per heavy atom. The molecular formula is C7H18Cl2N2O. The Bertz CT molecular complexity index is 126. The summed E-state index contributed by atoms with van der Waals surface area (Å²) in [5.74, 6) is 0. The molecule has 12 heavy (non-hydrogen) atoms. The van der Waals surface area contributed by atoms with Crippen LogP contribution >= 0.6 is 24.8 Å². The second-order valence-electron chi connectivity index (χ2n) is 2.98. The molecule has 0 aliphatic carbocycles. The molecule has 0 radical (unpaired) electrons. The van der Waals surface area contributed by atoms with Crippen molar-refractivity contribution in [1.82, 2.24) is 10.2 Å². The predicted molar refractivity (Wildman–Crippen MR) is 55.4 cm³/mol. The summed E-state index contributed by atoms with van der Waals surface area (Å²) in [6, 6.07) is 0. The number of methoxy groups -OCH3 is 1. The van der Waals surface area contributed by atoms with Gasteiger partial charge in [0, 0.05) is 26.7 Å². The van der Waals surface area contributed by atoms with Gasteiger partial charge in [-0.25, -0.2) is 0 Å². The first kappa shape index (κ1) is 15.0. The molecule has 0 spiro atoms. The molecule has 1 aliphatic heterocycles. The molecule has 1 N–H and O–H groups in total. The van der Waals surface area contributed by atoms with Crippen molar-refractivity contribution in [3.63, 3.8) is 0 Å². The Morgan fingerprint density at radius 2 is 2.00 bits per heavy atom. The molecule has 1 atom stereocenters. The highest BCUT2D eigenvalue weighted by molar-refractivity contribution is 5.85. The standard InChI is InChI=1S/C7H16N2O.2ClH/c1-7(10-3)6-8-4-5-9(7)2;;/h8H,4-6H2,1-3H3;2*1H. The van der Waals surface area contributed by atoms with E-state index in [4.69, 9.17) is 4.74 Å². The van der Waals surface area contributed by atoms with Crippen LogP contribution in [0.1, 0.15) is 6.92 Å². The summed E-state index contributed by atoms with van der Waals surface area (Å²) in [6.07, 6.45) is 0. The molecule has 0 aromatic rings. The Hall–Kier alpha value is 0.460. The third kappa shape index (κ3) is 3.07. The zero-order valence-corrected chi connectivity index (χ0v) is 9.43. The quantitative estimate of drug-likeness (QED) is 0.700. The van der Waals surface area contributed by atoms with E-state index < -0.39 is 0 Å². The van der Waals surface area contributed by atoms with Crippen molar-refractivity contribution in [2.75, 3.05) is 33.8 Å². The average Bonchev–Trinajstić information content (AvgIpc) is 1.96. The summed E-state index contributed by atoms with van der Waals surface area (Å²) in [7, 11) is 3.84. The van der Waals surface area contributed by atoms with E-state index in [0.29, 0.717) is 0 Å². The molecule has 1 unspecified atom stereocenters. The van der Waals surface area contributed by atoms with E-state index in [1.165, 1.54) is 0 Å². The van der Waals surface area contributed by atoms with Gasteiger partial charge in [0.15, 0.2) is 0 Å². The highest BCUT2D eigenvalue weighted by Gasteiger charge is 2.30. The average molecular weight is 217 g/mol. The Kier molecular flexibility index (Phi) is 7.47. The highest BCUT2D eigenvalue weighted by atomic mass is 35.5. The van der Waals surface area contributed by atoms with Crippen LogP contribution in [0.25, 0.3) is 0 Å². The molecule has 5 heteroatoms. The zero-order chi connectivity index (χ0) is 7.61. The van der Waals surface area contributed by atoms with Gasteiger partial charge in [-0.05, 0) is 14.0 Å². The van der Waals surface area contributed by atoms with E-state index in [9.17, 15) is 0 Å². The Balaban J connectivity index is 0. The number of hydrogen-bond donors (Lipinski definition) is 1. The molecule has 1 rings (SSSR count). The van der Waals surface area contributed by atoms with Crippen LogP contribution in [0.4, 0.5) is 0 Å². The molecule has 0 saturated carbocycles. The van der Waals surface area contributed by atoms with Crippen LogP contribution in [0.2, 0.25) is 0 Å². The van der Waals surface area contributed by atoms with Gasteiger partial charge in [-0.3, -0.25) is 4.90 Å². The smallest absolute Gasteiger partial charge is 0.130 e. The molecular weight excluding hydrogens is 199 g/mol. The van der Waals surface area contributed by atoms with Gasteiger partial charge in [0.05, 0.1) is 0 Å². The Labute approximate surface area is 86.7 Å². The fourth-order valence-corrected chi connectivity index (χ4v) is 1.17. The molecule has 0 bridgehead atoms. The first-order valence-electron chi connectivity index (χ1n) is 3.66. The minimum absolute atomic E-state index is 0. The third-order valence-corrected chi connectivity index (χ3v) is 2.32. The molecule has 1 aliphatic rings. The Morgan fingerprint density at radius 1 is 1.42 bits per heavy atom.